The summed E-state index contributed by atoms with van der Waals surface area (Å²) in [7, 11) is 1.06. The number of halogens is 5. The Hall–Kier alpha value is -2.89. The molecule has 0 aliphatic heterocycles. The first-order valence-corrected chi connectivity index (χ1v) is 9.92. The Balaban J connectivity index is 2.12. The average Bonchev–Trinajstić information content (AvgIpc) is 2.73. The van der Waals surface area contributed by atoms with Gasteiger partial charge in [-0.05, 0) is 70.5 Å². The minimum atomic E-state index is -1.43. The molecule has 1 aromatic heterocycles. The number of rotatable bonds is 5. The van der Waals surface area contributed by atoms with Gasteiger partial charge in [0.2, 0.25) is 0 Å². The maximum Gasteiger partial charge on any atom is 0.340 e. The second-order valence-electron chi connectivity index (χ2n) is 6.63. The minimum absolute atomic E-state index is 0.0402. The van der Waals surface area contributed by atoms with Crippen LogP contribution in [0, 0.1) is 33.8 Å². The van der Waals surface area contributed by atoms with E-state index in [1.807, 2.05) is 22.6 Å². The summed E-state index contributed by atoms with van der Waals surface area (Å²) in [5.74, 6) is -5.73. The van der Waals surface area contributed by atoms with Crippen molar-refractivity contribution in [2.24, 2.45) is 0 Å². The number of aryl methyl sites for hydroxylation is 1. The Bertz CT molecular complexity index is 1190. The summed E-state index contributed by atoms with van der Waals surface area (Å²) >= 11 is 1.93. The van der Waals surface area contributed by atoms with Gasteiger partial charge in [-0.1, -0.05) is 0 Å². The summed E-state index contributed by atoms with van der Waals surface area (Å²) in [5, 5.41) is 2.45. The lowest BCUT2D eigenvalue weighted by molar-refractivity contribution is 0.0601. The lowest BCUT2D eigenvalue weighted by Crippen LogP contribution is -2.12. The van der Waals surface area contributed by atoms with Gasteiger partial charge < -0.3 is 15.8 Å². The van der Waals surface area contributed by atoms with Crippen molar-refractivity contribution in [1.82, 2.24) is 4.98 Å². The highest BCUT2D eigenvalue weighted by atomic mass is 127. The molecule has 1 heterocycles. The van der Waals surface area contributed by atoms with Gasteiger partial charge in [-0.3, -0.25) is 0 Å². The Morgan fingerprint density at radius 3 is 2.52 bits per heavy atom. The van der Waals surface area contributed by atoms with Crippen molar-refractivity contribution < 1.29 is 27.1 Å². The molecule has 3 N–H and O–H groups in total. The number of nitrogens with one attached hydrogen (secondary N) is 1. The van der Waals surface area contributed by atoms with Gasteiger partial charge in [0.05, 0.1) is 24.0 Å². The summed E-state index contributed by atoms with van der Waals surface area (Å²) in [6, 6.07) is 4.91. The number of hydrogen-bond acceptors (Lipinski definition) is 5. The molecule has 3 rings (SSSR count). The molecule has 0 unspecified atom stereocenters. The molecule has 0 fully saturated rings. The first-order valence-electron chi connectivity index (χ1n) is 8.84. The van der Waals surface area contributed by atoms with Crippen LogP contribution in [0.1, 0.15) is 27.0 Å². The number of methoxy groups -OCH3 is 1. The number of nitrogens with zero attached hydrogens (tertiary/aromatic N) is 1. The molecule has 0 radical (unpaired) electrons. The van der Waals surface area contributed by atoms with E-state index in [4.69, 9.17) is 5.73 Å². The van der Waals surface area contributed by atoms with Gasteiger partial charge in [0.1, 0.15) is 5.82 Å². The van der Waals surface area contributed by atoms with E-state index in [1.165, 1.54) is 24.4 Å². The maximum atomic E-state index is 15.0. The van der Waals surface area contributed by atoms with Crippen LogP contribution in [0.15, 0.2) is 30.5 Å². The number of ether oxygens (including phenoxy) is 1. The number of pyridine rings is 1. The van der Waals surface area contributed by atoms with Gasteiger partial charge in [0.15, 0.2) is 23.3 Å². The zero-order chi connectivity index (χ0) is 22.9. The average molecular weight is 545 g/mol. The van der Waals surface area contributed by atoms with Crippen molar-refractivity contribution in [2.45, 2.75) is 13.3 Å². The second kappa shape index (κ2) is 9.08. The topological polar surface area (TPSA) is 77.2 Å². The number of nitrogens with two attached hydrogens (primary N) is 1. The fourth-order valence-corrected chi connectivity index (χ4v) is 3.36. The van der Waals surface area contributed by atoms with Crippen LogP contribution in [0.25, 0.3) is 0 Å². The van der Waals surface area contributed by atoms with Gasteiger partial charge in [-0.2, -0.15) is 0 Å². The van der Waals surface area contributed by atoms with Crippen molar-refractivity contribution in [3.63, 3.8) is 0 Å². The number of aromatic nitrogens is 1. The van der Waals surface area contributed by atoms with E-state index in [1.54, 1.807) is 6.92 Å². The van der Waals surface area contributed by atoms with Gasteiger partial charge in [0.25, 0.3) is 0 Å². The van der Waals surface area contributed by atoms with Crippen LogP contribution in [0.4, 0.5) is 34.8 Å². The molecule has 0 atom stereocenters. The number of carbonyl (C=O) groups excluding carboxylic acids is 1. The van der Waals surface area contributed by atoms with E-state index >= 15 is 0 Å². The van der Waals surface area contributed by atoms with E-state index in [9.17, 15) is 22.4 Å². The van der Waals surface area contributed by atoms with Crippen molar-refractivity contribution >= 4 is 45.8 Å². The Morgan fingerprint density at radius 2 is 1.84 bits per heavy atom. The summed E-state index contributed by atoms with van der Waals surface area (Å²) in [4.78, 5) is 15.8. The zero-order valence-electron chi connectivity index (χ0n) is 16.3. The number of anilines is 3. The van der Waals surface area contributed by atoms with E-state index < -0.39 is 47.2 Å². The van der Waals surface area contributed by atoms with Crippen LogP contribution >= 0.6 is 22.6 Å². The summed E-state index contributed by atoms with van der Waals surface area (Å²) < 4.78 is 63.7. The molecular weight excluding hydrogens is 529 g/mol. The van der Waals surface area contributed by atoms with Crippen molar-refractivity contribution in [3.05, 3.63) is 79.6 Å². The fourth-order valence-electron chi connectivity index (χ4n) is 2.93. The van der Waals surface area contributed by atoms with E-state index in [2.05, 4.69) is 15.0 Å². The number of benzene rings is 2. The number of nitrogen functional groups attached to an aromatic ring is 1. The highest BCUT2D eigenvalue weighted by molar-refractivity contribution is 14.1. The van der Waals surface area contributed by atoms with E-state index in [-0.39, 0.29) is 22.4 Å². The Kier molecular flexibility index (Phi) is 6.68. The van der Waals surface area contributed by atoms with Gasteiger partial charge in [0, 0.05) is 16.2 Å². The summed E-state index contributed by atoms with van der Waals surface area (Å²) in [6.45, 7) is 1.71. The molecule has 0 saturated carbocycles. The molecule has 0 amide bonds. The third-order valence-electron chi connectivity index (χ3n) is 4.57. The van der Waals surface area contributed by atoms with Crippen LogP contribution in [-0.4, -0.2) is 18.1 Å². The molecular formula is C21H16F4IN3O2. The quantitative estimate of drug-likeness (QED) is 0.260. The molecule has 162 valence electrons. The van der Waals surface area contributed by atoms with Crippen LogP contribution < -0.4 is 11.1 Å². The first-order chi connectivity index (χ1) is 14.6. The highest BCUT2D eigenvalue weighted by Gasteiger charge is 2.25. The van der Waals surface area contributed by atoms with Crippen LogP contribution in [0.3, 0.4) is 0 Å². The minimum Gasteiger partial charge on any atom is -0.465 e. The normalized spacial score (nSPS) is 10.8. The van der Waals surface area contributed by atoms with Crippen molar-refractivity contribution in [2.75, 3.05) is 18.2 Å². The van der Waals surface area contributed by atoms with Gasteiger partial charge in [-0.25, -0.2) is 27.3 Å². The molecule has 5 nitrogen and oxygen atoms in total. The third-order valence-corrected chi connectivity index (χ3v) is 5.73. The van der Waals surface area contributed by atoms with Crippen LogP contribution in [0.2, 0.25) is 0 Å². The van der Waals surface area contributed by atoms with E-state index in [0.717, 1.165) is 13.2 Å². The third kappa shape index (κ3) is 4.58. The highest BCUT2D eigenvalue weighted by Crippen LogP contribution is 2.33. The molecule has 3 aromatic rings. The molecule has 0 spiro atoms. The predicted octanol–water partition coefficient (Wildman–Crippen LogP) is 5.25. The smallest absolute Gasteiger partial charge is 0.340 e. The lowest BCUT2D eigenvalue weighted by Gasteiger charge is -2.16. The largest absolute Gasteiger partial charge is 0.465 e. The number of carbonyl (C=O) groups is 1. The first kappa shape index (κ1) is 22.8. The Morgan fingerprint density at radius 1 is 1.13 bits per heavy atom. The molecule has 10 heteroatoms. The molecule has 0 bridgehead atoms. The van der Waals surface area contributed by atoms with Crippen molar-refractivity contribution in [3.8, 4) is 0 Å². The zero-order valence-corrected chi connectivity index (χ0v) is 18.5. The molecule has 2 aromatic carbocycles. The van der Waals surface area contributed by atoms with Crippen LogP contribution in [0.5, 0.6) is 0 Å². The van der Waals surface area contributed by atoms with Gasteiger partial charge in [-0.15, -0.1) is 0 Å². The molecule has 0 saturated heterocycles. The summed E-state index contributed by atoms with van der Waals surface area (Å²) in [6.07, 6.45) is 0.823. The Labute approximate surface area is 188 Å². The molecule has 0 aliphatic carbocycles. The predicted molar refractivity (Wildman–Crippen MR) is 116 cm³/mol. The number of esters is 1. The maximum absolute atomic E-state index is 15.0. The lowest BCUT2D eigenvalue weighted by atomic mass is 10.00. The monoisotopic (exact) mass is 545 g/mol. The second-order valence-corrected chi connectivity index (χ2v) is 7.79. The van der Waals surface area contributed by atoms with Crippen molar-refractivity contribution in [1.29, 1.82) is 0 Å². The fraction of sp³-hybridized carbons (Fsp3) is 0.143. The summed E-state index contributed by atoms with van der Waals surface area (Å²) in [5.41, 5.74) is 4.62. The van der Waals surface area contributed by atoms with Crippen LogP contribution in [-0.2, 0) is 11.2 Å². The van der Waals surface area contributed by atoms with Gasteiger partial charge >= 0.3 is 5.97 Å². The SMILES string of the molecule is COC(=O)c1cc(Cc2ccnc(N)c2F)c(F)c(F)c1Nc1cc(C)c(I)cc1F. The molecule has 0 aliphatic rings. The number of hydrogen-bond donors (Lipinski definition) is 2. The van der Waals surface area contributed by atoms with E-state index in [0.29, 0.717) is 9.13 Å². The standard InChI is InChI=1S/C21H16F4IN3O2/c1-9-5-15(13(22)8-14(9)26)29-19-12(21(30)31-2)7-11(16(23)18(19)25)6-10-3-4-28-20(27)17(10)24/h3-5,7-8,29H,6H2,1-2H3,(H2,27,28). The molecule has 31 heavy (non-hydrogen) atoms.